The summed E-state index contributed by atoms with van der Waals surface area (Å²) in [6.45, 7) is 11.0. The van der Waals surface area contributed by atoms with Crippen molar-refractivity contribution in [1.29, 1.82) is 0 Å². The van der Waals surface area contributed by atoms with Gasteiger partial charge in [0.2, 0.25) is 0 Å². The lowest BCUT2D eigenvalue weighted by Gasteiger charge is -2.23. The first kappa shape index (κ1) is 20.8. The lowest BCUT2D eigenvalue weighted by molar-refractivity contribution is -0.138. The van der Waals surface area contributed by atoms with E-state index in [0.29, 0.717) is 6.54 Å². The topological polar surface area (TPSA) is 117 Å². The summed E-state index contributed by atoms with van der Waals surface area (Å²) >= 11 is 0. The van der Waals surface area contributed by atoms with Crippen LogP contribution in [0.15, 0.2) is 12.3 Å². The van der Waals surface area contributed by atoms with Crippen LogP contribution in [0.25, 0.3) is 0 Å². The minimum Gasteiger partial charge on any atom is -0.479 e. The predicted octanol–water partition coefficient (Wildman–Crippen LogP) is 1.97. The molecule has 0 saturated carbocycles. The van der Waals surface area contributed by atoms with Gasteiger partial charge in [-0.3, -0.25) is 0 Å². The van der Waals surface area contributed by atoms with Gasteiger partial charge in [0.1, 0.15) is 5.60 Å². The number of rotatable bonds is 8. The third-order valence-corrected chi connectivity index (χ3v) is 2.60. The molecule has 0 aromatic rings. The Balaban J connectivity index is 4.48. The van der Waals surface area contributed by atoms with Gasteiger partial charge >= 0.3 is 18.1 Å². The Bertz CT molecular complexity index is 443. The molecule has 0 aromatic heterocycles. The number of amides is 3. The van der Waals surface area contributed by atoms with Crippen molar-refractivity contribution in [2.24, 2.45) is 0 Å². The average Bonchev–Trinajstić information content (AvgIpc) is 2.38. The molecule has 8 nitrogen and oxygen atoms in total. The van der Waals surface area contributed by atoms with E-state index in [-0.39, 0.29) is 5.70 Å². The van der Waals surface area contributed by atoms with E-state index in [1.165, 1.54) is 0 Å². The van der Waals surface area contributed by atoms with E-state index in [1.54, 1.807) is 20.8 Å². The number of carbonyl (C=O) groups is 3. The summed E-state index contributed by atoms with van der Waals surface area (Å²) in [4.78, 5) is 34.5. The minimum absolute atomic E-state index is 0.156. The average molecular weight is 329 g/mol. The van der Waals surface area contributed by atoms with E-state index in [9.17, 15) is 14.4 Å². The van der Waals surface area contributed by atoms with Crippen molar-refractivity contribution in [3.05, 3.63) is 12.3 Å². The fourth-order valence-electron chi connectivity index (χ4n) is 1.56. The molecule has 0 rings (SSSR count). The highest BCUT2D eigenvalue weighted by Crippen LogP contribution is 2.07. The van der Waals surface area contributed by atoms with Gasteiger partial charge < -0.3 is 25.8 Å². The Hall–Kier alpha value is -2.25. The summed E-state index contributed by atoms with van der Waals surface area (Å²) in [6, 6.07) is -2.05. The number of carboxylic acids is 1. The van der Waals surface area contributed by atoms with Crippen molar-refractivity contribution in [2.45, 2.75) is 58.6 Å². The van der Waals surface area contributed by atoms with Crippen LogP contribution in [-0.2, 0) is 9.53 Å². The lowest BCUT2D eigenvalue weighted by atomic mass is 10.2. The minimum atomic E-state index is -1.48. The van der Waals surface area contributed by atoms with Crippen LogP contribution >= 0.6 is 0 Å². The number of hydrogen-bond donors (Lipinski definition) is 4. The Morgan fingerprint density at radius 3 is 2.30 bits per heavy atom. The van der Waals surface area contributed by atoms with E-state index < -0.39 is 29.7 Å². The van der Waals surface area contributed by atoms with E-state index >= 15 is 0 Å². The molecule has 8 heteroatoms. The molecule has 132 valence electrons. The van der Waals surface area contributed by atoms with Crippen molar-refractivity contribution in [3.63, 3.8) is 0 Å². The first-order valence-electron chi connectivity index (χ1n) is 7.52. The van der Waals surface area contributed by atoms with Gasteiger partial charge in [-0.1, -0.05) is 26.3 Å². The van der Waals surface area contributed by atoms with Crippen molar-refractivity contribution in [1.82, 2.24) is 16.0 Å². The van der Waals surface area contributed by atoms with Crippen LogP contribution in [0.5, 0.6) is 0 Å². The highest BCUT2D eigenvalue weighted by atomic mass is 16.6. The Morgan fingerprint density at radius 1 is 1.22 bits per heavy atom. The second-order valence-corrected chi connectivity index (χ2v) is 6.03. The quantitative estimate of drug-likeness (QED) is 0.508. The Morgan fingerprint density at radius 2 is 1.83 bits per heavy atom. The van der Waals surface area contributed by atoms with Crippen LogP contribution in [0.4, 0.5) is 9.59 Å². The zero-order valence-electron chi connectivity index (χ0n) is 14.2. The maximum atomic E-state index is 11.6. The lowest BCUT2D eigenvalue weighted by Crippen LogP contribution is -2.49. The predicted molar refractivity (Wildman–Crippen MR) is 86.0 cm³/mol. The number of carbonyl (C=O) groups excluding carboxylic acids is 2. The molecule has 0 unspecified atom stereocenters. The molecule has 4 N–H and O–H groups in total. The molecule has 0 aliphatic carbocycles. The number of nitrogens with one attached hydrogen (secondary N) is 3. The standard InChI is InChI=1S/C15H27N3O5/c1-6-7-8-9-16-13(21)17-10(2)11(12(19)20)18-14(22)23-15(3,4)5/h11H,2,6-9H2,1,3-5H3,(H,18,22)(H,19,20)(H2,16,17,21)/t11-/m0/s1. The van der Waals surface area contributed by atoms with Crippen LogP contribution in [0.3, 0.4) is 0 Å². The Kier molecular flexibility index (Phi) is 8.75. The molecule has 0 bridgehead atoms. The zero-order chi connectivity index (χ0) is 18.0. The summed E-state index contributed by atoms with van der Waals surface area (Å²) in [5.41, 5.74) is -0.921. The molecule has 0 saturated heterocycles. The van der Waals surface area contributed by atoms with E-state index in [1.807, 2.05) is 6.92 Å². The number of carboxylic acid groups (broad SMARTS) is 1. The van der Waals surface area contributed by atoms with Gasteiger partial charge in [0.05, 0.1) is 0 Å². The molecule has 3 amide bonds. The Labute approximate surface area is 136 Å². The zero-order valence-corrected chi connectivity index (χ0v) is 14.2. The number of urea groups is 1. The molecule has 0 aromatic carbocycles. The molecule has 0 radical (unpaired) electrons. The highest BCUT2D eigenvalue weighted by Gasteiger charge is 2.27. The number of alkyl carbamates (subject to hydrolysis) is 1. The molecule has 0 heterocycles. The van der Waals surface area contributed by atoms with Crippen LogP contribution in [0, 0.1) is 0 Å². The monoisotopic (exact) mass is 329 g/mol. The van der Waals surface area contributed by atoms with Crippen molar-refractivity contribution in [2.75, 3.05) is 6.54 Å². The van der Waals surface area contributed by atoms with Gasteiger partial charge in [-0.2, -0.15) is 0 Å². The second-order valence-electron chi connectivity index (χ2n) is 6.03. The molecule has 0 spiro atoms. The molecule has 23 heavy (non-hydrogen) atoms. The van der Waals surface area contributed by atoms with Crippen LogP contribution in [0.1, 0.15) is 47.0 Å². The molecule has 0 fully saturated rings. The number of ether oxygens (including phenoxy) is 1. The molecular formula is C15H27N3O5. The van der Waals surface area contributed by atoms with Crippen molar-refractivity contribution < 1.29 is 24.2 Å². The van der Waals surface area contributed by atoms with Crippen LogP contribution < -0.4 is 16.0 Å². The van der Waals surface area contributed by atoms with Crippen molar-refractivity contribution >= 4 is 18.1 Å². The van der Waals surface area contributed by atoms with Gasteiger partial charge in [0.25, 0.3) is 0 Å². The summed E-state index contributed by atoms with van der Waals surface area (Å²) < 4.78 is 4.98. The van der Waals surface area contributed by atoms with E-state index in [2.05, 4.69) is 22.5 Å². The molecule has 0 aliphatic rings. The molecular weight excluding hydrogens is 302 g/mol. The smallest absolute Gasteiger partial charge is 0.408 e. The van der Waals surface area contributed by atoms with E-state index in [0.717, 1.165) is 19.3 Å². The van der Waals surface area contributed by atoms with Gasteiger partial charge in [-0.25, -0.2) is 14.4 Å². The third-order valence-electron chi connectivity index (χ3n) is 2.60. The van der Waals surface area contributed by atoms with Gasteiger partial charge in [0.15, 0.2) is 6.04 Å². The fourth-order valence-corrected chi connectivity index (χ4v) is 1.56. The highest BCUT2D eigenvalue weighted by molar-refractivity contribution is 5.85. The largest absolute Gasteiger partial charge is 0.479 e. The third kappa shape index (κ3) is 10.2. The van der Waals surface area contributed by atoms with E-state index in [4.69, 9.17) is 9.84 Å². The molecule has 0 aliphatic heterocycles. The summed E-state index contributed by atoms with van der Waals surface area (Å²) in [5.74, 6) is -1.35. The SMILES string of the molecule is C=C(NC(=O)NCCCCC)[C@H](NC(=O)OC(C)(C)C)C(=O)O. The normalized spacial score (nSPS) is 12.0. The van der Waals surface area contributed by atoms with Crippen LogP contribution in [-0.4, -0.2) is 41.4 Å². The summed E-state index contributed by atoms with van der Waals surface area (Å²) in [6.07, 6.45) is 1.93. The first-order chi connectivity index (χ1) is 10.6. The maximum absolute atomic E-state index is 11.6. The molecule has 1 atom stereocenters. The van der Waals surface area contributed by atoms with Crippen molar-refractivity contribution in [3.8, 4) is 0 Å². The van der Waals surface area contributed by atoms with Crippen LogP contribution in [0.2, 0.25) is 0 Å². The summed E-state index contributed by atoms with van der Waals surface area (Å²) in [5, 5.41) is 16.2. The second kappa shape index (κ2) is 9.70. The summed E-state index contributed by atoms with van der Waals surface area (Å²) in [7, 11) is 0. The van der Waals surface area contributed by atoms with Gasteiger partial charge in [0, 0.05) is 12.2 Å². The number of unbranched alkanes of at least 4 members (excludes halogenated alkanes) is 2. The van der Waals surface area contributed by atoms with Gasteiger partial charge in [-0.05, 0) is 27.2 Å². The first-order valence-corrected chi connectivity index (χ1v) is 7.52. The number of hydrogen-bond acceptors (Lipinski definition) is 4. The van der Waals surface area contributed by atoms with Gasteiger partial charge in [-0.15, -0.1) is 0 Å². The maximum Gasteiger partial charge on any atom is 0.408 e. The number of aliphatic carboxylic acids is 1. The fraction of sp³-hybridized carbons (Fsp3) is 0.667.